The maximum absolute atomic E-state index is 12.8. The molecule has 150 valence electrons. The lowest BCUT2D eigenvalue weighted by atomic mass is 10.1. The van der Waals surface area contributed by atoms with Gasteiger partial charge in [0.2, 0.25) is 10.0 Å². The van der Waals surface area contributed by atoms with Crippen LogP contribution in [0.15, 0.2) is 53.4 Å². The molecular formula is C20H24ClN3O3S. The molecule has 2 aromatic rings. The van der Waals surface area contributed by atoms with Crippen molar-refractivity contribution in [2.45, 2.75) is 29.8 Å². The van der Waals surface area contributed by atoms with Crippen molar-refractivity contribution in [3.05, 3.63) is 64.7 Å². The maximum atomic E-state index is 12.8. The van der Waals surface area contributed by atoms with Crippen LogP contribution >= 0.6 is 11.6 Å². The fourth-order valence-electron chi connectivity index (χ4n) is 2.86. The van der Waals surface area contributed by atoms with E-state index < -0.39 is 10.0 Å². The molecule has 1 amide bonds. The monoisotopic (exact) mass is 421 g/mol. The first-order valence-corrected chi connectivity index (χ1v) is 10.9. The molecule has 2 N–H and O–H groups in total. The van der Waals surface area contributed by atoms with E-state index in [9.17, 15) is 13.2 Å². The van der Waals surface area contributed by atoms with Crippen LogP contribution in [0.3, 0.4) is 0 Å². The van der Waals surface area contributed by atoms with E-state index in [0.29, 0.717) is 6.54 Å². The van der Waals surface area contributed by atoms with Gasteiger partial charge in [0, 0.05) is 18.2 Å². The summed E-state index contributed by atoms with van der Waals surface area (Å²) in [4.78, 5) is 14.8. The summed E-state index contributed by atoms with van der Waals surface area (Å²) in [5.74, 6) is -0.352. The van der Waals surface area contributed by atoms with Gasteiger partial charge in [-0.1, -0.05) is 41.9 Å². The van der Waals surface area contributed by atoms with Gasteiger partial charge in [-0.25, -0.2) is 13.1 Å². The number of likely N-dealkylation sites (N-methyl/N-ethyl adjacent to an activating group) is 1. The van der Waals surface area contributed by atoms with Crippen LogP contribution in [0.2, 0.25) is 5.02 Å². The molecule has 0 saturated heterocycles. The highest BCUT2D eigenvalue weighted by molar-refractivity contribution is 7.89. The van der Waals surface area contributed by atoms with Gasteiger partial charge in [0.15, 0.2) is 0 Å². The Kier molecular flexibility index (Phi) is 6.40. The number of hydrogen-bond donors (Lipinski definition) is 2. The second kappa shape index (κ2) is 8.61. The van der Waals surface area contributed by atoms with Crippen molar-refractivity contribution >= 4 is 27.5 Å². The number of nitrogens with zero attached hydrogens (tertiary/aromatic N) is 1. The zero-order valence-corrected chi connectivity index (χ0v) is 17.4. The first-order chi connectivity index (χ1) is 13.3. The van der Waals surface area contributed by atoms with Crippen LogP contribution in [0.4, 0.5) is 0 Å². The lowest BCUT2D eigenvalue weighted by molar-refractivity contribution is 0.0929. The molecule has 0 aromatic heterocycles. The normalized spacial score (nSPS) is 15.4. The van der Waals surface area contributed by atoms with Crippen LogP contribution in [0, 0.1) is 0 Å². The molecule has 1 aliphatic rings. The average Bonchev–Trinajstić information content (AvgIpc) is 3.45. The molecule has 2 aromatic carbocycles. The number of hydrogen-bond acceptors (Lipinski definition) is 4. The molecule has 8 heteroatoms. The zero-order valence-electron chi connectivity index (χ0n) is 15.9. The summed E-state index contributed by atoms with van der Waals surface area (Å²) in [7, 11) is 0.105. The Labute approximate surface area is 170 Å². The highest BCUT2D eigenvalue weighted by atomic mass is 35.5. The highest BCUT2D eigenvalue weighted by Gasteiger charge is 2.30. The van der Waals surface area contributed by atoms with E-state index >= 15 is 0 Å². The molecule has 1 fully saturated rings. The Morgan fingerprint density at radius 1 is 1.18 bits per heavy atom. The summed E-state index contributed by atoms with van der Waals surface area (Å²) in [5, 5.41) is 3.09. The Hall–Kier alpha value is -1.93. The molecular weight excluding hydrogens is 398 g/mol. The molecule has 3 rings (SSSR count). The van der Waals surface area contributed by atoms with Crippen molar-refractivity contribution in [3.8, 4) is 0 Å². The fraction of sp³-hybridized carbons (Fsp3) is 0.350. The van der Waals surface area contributed by atoms with Crippen LogP contribution in [0.5, 0.6) is 0 Å². The van der Waals surface area contributed by atoms with Crippen LogP contribution in [-0.4, -0.2) is 45.9 Å². The topological polar surface area (TPSA) is 78.5 Å². The number of rotatable bonds is 8. The Morgan fingerprint density at radius 3 is 2.46 bits per heavy atom. The van der Waals surface area contributed by atoms with Crippen LogP contribution in [0.25, 0.3) is 0 Å². The third kappa shape index (κ3) is 5.32. The molecule has 1 saturated carbocycles. The second-order valence-electron chi connectivity index (χ2n) is 7.24. The molecule has 1 aliphatic carbocycles. The van der Waals surface area contributed by atoms with E-state index in [2.05, 4.69) is 10.0 Å². The first kappa shape index (κ1) is 20.8. The largest absolute Gasteiger partial charge is 0.344 e. The van der Waals surface area contributed by atoms with Crippen LogP contribution in [-0.2, 0) is 10.0 Å². The highest BCUT2D eigenvalue weighted by Crippen LogP contribution is 2.27. The lowest BCUT2D eigenvalue weighted by Crippen LogP contribution is -2.35. The van der Waals surface area contributed by atoms with E-state index in [4.69, 9.17) is 11.6 Å². The molecule has 0 bridgehead atoms. The summed E-state index contributed by atoms with van der Waals surface area (Å²) in [6, 6.07) is 13.7. The number of halogens is 1. The fourth-order valence-corrected chi connectivity index (χ4v) is 4.69. The SMILES string of the molecule is CN(C)C[C@@H](NC(=O)c1ccc(Cl)c(S(=O)(=O)NC2CC2)c1)c1ccccc1. The molecule has 0 unspecified atom stereocenters. The minimum Gasteiger partial charge on any atom is -0.344 e. The first-order valence-electron chi connectivity index (χ1n) is 9.08. The number of carbonyl (C=O) groups is 1. The van der Waals surface area contributed by atoms with Gasteiger partial charge < -0.3 is 10.2 Å². The molecule has 0 spiro atoms. The second-order valence-corrected chi connectivity index (χ2v) is 9.33. The van der Waals surface area contributed by atoms with Gasteiger partial charge in [0.1, 0.15) is 4.90 Å². The number of nitrogens with one attached hydrogen (secondary N) is 2. The van der Waals surface area contributed by atoms with Crippen molar-refractivity contribution in [1.29, 1.82) is 0 Å². The van der Waals surface area contributed by atoms with Gasteiger partial charge in [0.05, 0.1) is 11.1 Å². The van der Waals surface area contributed by atoms with Crippen LogP contribution < -0.4 is 10.0 Å². The maximum Gasteiger partial charge on any atom is 0.251 e. The Balaban J connectivity index is 1.83. The van der Waals surface area contributed by atoms with Gasteiger partial charge >= 0.3 is 0 Å². The molecule has 28 heavy (non-hydrogen) atoms. The van der Waals surface area contributed by atoms with Crippen molar-refractivity contribution in [2.24, 2.45) is 0 Å². The number of amides is 1. The predicted molar refractivity (Wildman–Crippen MR) is 110 cm³/mol. The number of carbonyl (C=O) groups excluding carboxylic acids is 1. The minimum atomic E-state index is -3.75. The van der Waals surface area contributed by atoms with Gasteiger partial charge in [-0.3, -0.25) is 4.79 Å². The summed E-state index contributed by atoms with van der Waals surface area (Å²) >= 11 is 6.10. The molecule has 1 atom stereocenters. The summed E-state index contributed by atoms with van der Waals surface area (Å²) < 4.78 is 27.7. The average molecular weight is 422 g/mol. The Bertz CT molecular complexity index is 944. The van der Waals surface area contributed by atoms with Crippen molar-refractivity contribution in [1.82, 2.24) is 14.9 Å². The third-order valence-corrected chi connectivity index (χ3v) is 6.44. The standard InChI is InChI=1S/C20H24ClN3O3S/c1-24(2)13-18(14-6-4-3-5-7-14)22-20(25)15-8-11-17(21)19(12-15)28(26,27)23-16-9-10-16/h3-8,11-12,16,18,23H,9-10,13H2,1-2H3,(H,22,25)/t18-/m1/s1. The van der Waals surface area contributed by atoms with E-state index in [-0.39, 0.29) is 33.5 Å². The molecule has 0 aliphatic heterocycles. The van der Waals surface area contributed by atoms with Crippen LogP contribution in [0.1, 0.15) is 34.8 Å². The van der Waals surface area contributed by atoms with Crippen molar-refractivity contribution in [2.75, 3.05) is 20.6 Å². The van der Waals surface area contributed by atoms with E-state index in [1.165, 1.54) is 18.2 Å². The third-order valence-electron chi connectivity index (χ3n) is 4.44. The van der Waals surface area contributed by atoms with Gasteiger partial charge in [-0.05, 0) is 50.7 Å². The Morgan fingerprint density at radius 2 is 1.86 bits per heavy atom. The van der Waals surface area contributed by atoms with E-state index in [0.717, 1.165) is 18.4 Å². The molecule has 6 nitrogen and oxygen atoms in total. The summed E-state index contributed by atoms with van der Waals surface area (Å²) in [6.07, 6.45) is 1.64. The van der Waals surface area contributed by atoms with Gasteiger partial charge in [-0.15, -0.1) is 0 Å². The zero-order chi connectivity index (χ0) is 20.3. The summed E-state index contributed by atoms with van der Waals surface area (Å²) in [5.41, 5.74) is 1.22. The number of sulfonamides is 1. The number of benzene rings is 2. The smallest absolute Gasteiger partial charge is 0.251 e. The predicted octanol–water partition coefficient (Wildman–Crippen LogP) is 2.81. The van der Waals surface area contributed by atoms with Gasteiger partial charge in [0.25, 0.3) is 5.91 Å². The summed E-state index contributed by atoms with van der Waals surface area (Å²) in [6.45, 7) is 0.609. The molecule has 0 radical (unpaired) electrons. The van der Waals surface area contributed by atoms with E-state index in [1.54, 1.807) is 0 Å². The molecule has 0 heterocycles. The van der Waals surface area contributed by atoms with E-state index in [1.807, 2.05) is 49.3 Å². The minimum absolute atomic E-state index is 0.0406. The van der Waals surface area contributed by atoms with Crippen molar-refractivity contribution < 1.29 is 13.2 Å². The lowest BCUT2D eigenvalue weighted by Gasteiger charge is -2.23. The van der Waals surface area contributed by atoms with Crippen molar-refractivity contribution in [3.63, 3.8) is 0 Å². The van der Waals surface area contributed by atoms with Gasteiger partial charge in [-0.2, -0.15) is 0 Å². The quantitative estimate of drug-likeness (QED) is 0.687.